The average molecular weight is 528 g/mol. The molecule has 2 bridgehead atoms. The van der Waals surface area contributed by atoms with Crippen LogP contribution in [0.1, 0.15) is 38.5 Å². The third-order valence-corrected chi connectivity index (χ3v) is 7.59. The van der Waals surface area contributed by atoms with E-state index in [9.17, 15) is 23.5 Å². The van der Waals surface area contributed by atoms with Gasteiger partial charge in [-0.3, -0.25) is 9.59 Å². The second-order valence-electron chi connectivity index (χ2n) is 9.37. The summed E-state index contributed by atoms with van der Waals surface area (Å²) in [5, 5.41) is 13.7. The molecule has 188 valence electrons. The molecule has 0 unspecified atom stereocenters. The highest BCUT2D eigenvalue weighted by atomic mass is 35.5. The number of ether oxygens (including phenoxy) is 2. The standard InChI is InChI=1S/C25H25Cl2F2NO5/c26-18-3-1-16(9-20(18)28)34-13-15(31)11-24-5-7-25(8-6-24,22(32)12-24)30-23(33)14-35-17-2-4-19(27)21(29)10-17/h1-4,9-10,22,32H,5-8,11-14H2,(H,30,33)/t22-,24?,25?/m1/s1. The monoisotopic (exact) mass is 527 g/mol. The molecule has 6 nitrogen and oxygen atoms in total. The van der Waals surface area contributed by atoms with Crippen LogP contribution in [-0.2, 0) is 9.59 Å². The van der Waals surface area contributed by atoms with Crippen molar-refractivity contribution in [2.45, 2.75) is 50.2 Å². The van der Waals surface area contributed by atoms with E-state index in [-0.39, 0.29) is 52.4 Å². The summed E-state index contributed by atoms with van der Waals surface area (Å²) in [5.41, 5.74) is -1.15. The molecule has 0 heterocycles. The van der Waals surface area contributed by atoms with Crippen LogP contribution in [0, 0.1) is 17.0 Å². The van der Waals surface area contributed by atoms with Gasteiger partial charge in [0, 0.05) is 18.6 Å². The molecule has 0 aliphatic heterocycles. The number of carbonyl (C=O) groups excluding carboxylic acids is 2. The van der Waals surface area contributed by atoms with E-state index in [1.54, 1.807) is 0 Å². The van der Waals surface area contributed by atoms with Crippen LogP contribution < -0.4 is 14.8 Å². The Morgan fingerprint density at radius 3 is 2.00 bits per heavy atom. The van der Waals surface area contributed by atoms with Gasteiger partial charge >= 0.3 is 0 Å². The lowest BCUT2D eigenvalue weighted by Gasteiger charge is -2.56. The molecule has 10 heteroatoms. The van der Waals surface area contributed by atoms with Gasteiger partial charge in [-0.15, -0.1) is 0 Å². The molecule has 0 radical (unpaired) electrons. The van der Waals surface area contributed by atoms with E-state index in [1.165, 1.54) is 24.3 Å². The Hall–Kier alpha value is -2.42. The molecule has 3 aliphatic carbocycles. The Bertz CT molecular complexity index is 1120. The second-order valence-corrected chi connectivity index (χ2v) is 10.2. The van der Waals surface area contributed by atoms with Crippen molar-refractivity contribution < 1.29 is 33.0 Å². The fraction of sp³-hybridized carbons (Fsp3) is 0.440. The van der Waals surface area contributed by atoms with E-state index in [4.69, 9.17) is 32.7 Å². The first-order valence-electron chi connectivity index (χ1n) is 11.3. The topological polar surface area (TPSA) is 84.9 Å². The van der Waals surface area contributed by atoms with Crippen molar-refractivity contribution >= 4 is 34.9 Å². The molecule has 35 heavy (non-hydrogen) atoms. The highest BCUT2D eigenvalue weighted by Gasteiger charge is 2.55. The van der Waals surface area contributed by atoms with Gasteiger partial charge in [-0.2, -0.15) is 0 Å². The highest BCUT2D eigenvalue weighted by Crippen LogP contribution is 2.54. The fourth-order valence-corrected chi connectivity index (χ4v) is 5.29. The summed E-state index contributed by atoms with van der Waals surface area (Å²) in [7, 11) is 0. The zero-order chi connectivity index (χ0) is 25.2. The van der Waals surface area contributed by atoms with Crippen LogP contribution in [0.2, 0.25) is 10.0 Å². The second kappa shape index (κ2) is 10.3. The largest absolute Gasteiger partial charge is 0.486 e. The van der Waals surface area contributed by atoms with Crippen molar-refractivity contribution in [1.82, 2.24) is 5.32 Å². The Labute approximate surface area is 211 Å². The molecule has 3 aliphatic rings. The summed E-state index contributed by atoms with van der Waals surface area (Å²) in [6.45, 7) is -0.536. The van der Waals surface area contributed by atoms with E-state index < -0.39 is 29.2 Å². The van der Waals surface area contributed by atoms with Crippen LogP contribution >= 0.6 is 23.2 Å². The van der Waals surface area contributed by atoms with Crippen molar-refractivity contribution in [2.75, 3.05) is 13.2 Å². The van der Waals surface area contributed by atoms with Crippen molar-refractivity contribution in [3.63, 3.8) is 0 Å². The number of benzene rings is 2. The zero-order valence-electron chi connectivity index (χ0n) is 18.8. The van der Waals surface area contributed by atoms with E-state index in [2.05, 4.69) is 5.32 Å². The SMILES string of the molecule is O=C(COc1ccc(Cl)c(F)c1)CC12CCC(NC(=O)COc3ccc(Cl)c(F)c3)(CC1)[C@H](O)C2. The maximum atomic E-state index is 13.5. The first-order valence-corrected chi connectivity index (χ1v) is 12.0. The molecule has 3 saturated carbocycles. The van der Waals surface area contributed by atoms with Gasteiger partial charge in [-0.25, -0.2) is 8.78 Å². The summed E-state index contributed by atoms with van der Waals surface area (Å²) in [6, 6.07) is 7.89. The summed E-state index contributed by atoms with van der Waals surface area (Å²) in [4.78, 5) is 25.1. The number of hydrogen-bond donors (Lipinski definition) is 2. The number of hydrogen-bond acceptors (Lipinski definition) is 5. The lowest BCUT2D eigenvalue weighted by Crippen LogP contribution is -2.65. The molecule has 1 amide bonds. The number of carbonyl (C=O) groups is 2. The Balaban J connectivity index is 1.28. The summed E-state index contributed by atoms with van der Waals surface area (Å²) >= 11 is 11.3. The summed E-state index contributed by atoms with van der Waals surface area (Å²) < 4.78 is 37.9. The first kappa shape index (κ1) is 25.7. The number of amides is 1. The predicted octanol–water partition coefficient (Wildman–Crippen LogP) is 4.87. The molecular formula is C25H25Cl2F2NO5. The van der Waals surface area contributed by atoms with Gasteiger partial charge < -0.3 is 19.9 Å². The van der Waals surface area contributed by atoms with Gasteiger partial charge in [0.1, 0.15) is 29.7 Å². The van der Waals surface area contributed by atoms with Crippen molar-refractivity contribution in [3.8, 4) is 11.5 Å². The van der Waals surface area contributed by atoms with Crippen LogP contribution in [0.3, 0.4) is 0 Å². The highest BCUT2D eigenvalue weighted by molar-refractivity contribution is 6.31. The number of rotatable bonds is 9. The van der Waals surface area contributed by atoms with E-state index in [0.29, 0.717) is 32.1 Å². The van der Waals surface area contributed by atoms with Crippen molar-refractivity contribution in [1.29, 1.82) is 0 Å². The molecule has 2 aromatic carbocycles. The van der Waals surface area contributed by atoms with Crippen LogP contribution in [0.5, 0.6) is 11.5 Å². The predicted molar refractivity (Wildman–Crippen MR) is 126 cm³/mol. The number of nitrogens with one attached hydrogen (secondary N) is 1. The van der Waals surface area contributed by atoms with Crippen molar-refractivity contribution in [2.24, 2.45) is 5.41 Å². The minimum absolute atomic E-state index is 0.0259. The van der Waals surface area contributed by atoms with Gasteiger partial charge in [-0.1, -0.05) is 23.2 Å². The molecule has 2 N–H and O–H groups in total. The third-order valence-electron chi connectivity index (χ3n) is 6.98. The quantitative estimate of drug-likeness (QED) is 0.486. The number of aliphatic hydroxyl groups is 1. The van der Waals surface area contributed by atoms with E-state index >= 15 is 0 Å². The van der Waals surface area contributed by atoms with Gasteiger partial charge in [-0.05, 0) is 61.8 Å². The summed E-state index contributed by atoms with van der Waals surface area (Å²) in [5.74, 6) is -1.44. The van der Waals surface area contributed by atoms with Gasteiger partial charge in [0.05, 0.1) is 21.7 Å². The van der Waals surface area contributed by atoms with Gasteiger partial charge in [0.2, 0.25) is 0 Å². The average Bonchev–Trinajstić information content (AvgIpc) is 2.82. The number of ketones is 1. The Kier molecular flexibility index (Phi) is 7.54. The number of halogens is 4. The van der Waals surface area contributed by atoms with Crippen LogP contribution in [0.4, 0.5) is 8.78 Å². The summed E-state index contributed by atoms with van der Waals surface area (Å²) in [6.07, 6.45) is 2.15. The zero-order valence-corrected chi connectivity index (χ0v) is 20.3. The number of aliphatic hydroxyl groups excluding tert-OH is 1. The minimum atomic E-state index is -0.819. The smallest absolute Gasteiger partial charge is 0.258 e. The number of Topliss-reactive ketones (excluding diaryl/α,β-unsaturated/α-hetero) is 1. The van der Waals surface area contributed by atoms with E-state index in [1.807, 2.05) is 0 Å². The molecule has 0 saturated heterocycles. The lowest BCUT2D eigenvalue weighted by atomic mass is 9.54. The molecule has 2 aromatic rings. The third kappa shape index (κ3) is 5.88. The molecule has 0 spiro atoms. The first-order chi connectivity index (χ1) is 16.6. The molecular weight excluding hydrogens is 503 g/mol. The molecule has 5 rings (SSSR count). The number of fused-ring (bicyclic) bond motifs is 3. The van der Waals surface area contributed by atoms with Crippen LogP contribution in [-0.4, -0.2) is 41.7 Å². The van der Waals surface area contributed by atoms with Crippen LogP contribution in [0.15, 0.2) is 36.4 Å². The molecule has 0 aromatic heterocycles. The lowest BCUT2D eigenvalue weighted by molar-refractivity contribution is -0.140. The fourth-order valence-electron chi connectivity index (χ4n) is 5.06. The molecule has 1 atom stereocenters. The van der Waals surface area contributed by atoms with E-state index in [0.717, 1.165) is 12.1 Å². The minimum Gasteiger partial charge on any atom is -0.486 e. The normalized spacial score (nSPS) is 25.2. The van der Waals surface area contributed by atoms with Gasteiger partial charge in [0.15, 0.2) is 12.4 Å². The van der Waals surface area contributed by atoms with Crippen LogP contribution in [0.25, 0.3) is 0 Å². The Morgan fingerprint density at radius 2 is 1.49 bits per heavy atom. The molecule has 3 fully saturated rings. The maximum Gasteiger partial charge on any atom is 0.258 e. The van der Waals surface area contributed by atoms with Crippen molar-refractivity contribution in [3.05, 3.63) is 58.1 Å². The Morgan fingerprint density at radius 1 is 0.943 bits per heavy atom. The maximum absolute atomic E-state index is 13.5. The van der Waals surface area contributed by atoms with Gasteiger partial charge in [0.25, 0.3) is 5.91 Å².